The van der Waals surface area contributed by atoms with Crippen molar-refractivity contribution in [2.24, 2.45) is 0 Å². The lowest BCUT2D eigenvalue weighted by Crippen LogP contribution is -2.11. The molecule has 3 heteroatoms. The van der Waals surface area contributed by atoms with Gasteiger partial charge in [0.1, 0.15) is 0 Å². The molecule has 0 aliphatic carbocycles. The highest BCUT2D eigenvalue weighted by atomic mass is 32.1. The molecular weight excluding hydrogens is 637 g/mol. The summed E-state index contributed by atoms with van der Waals surface area (Å²) in [6.07, 6.45) is 0. The molecular formula is C48H30N2S. The Balaban J connectivity index is 1.18. The number of anilines is 3. The third kappa shape index (κ3) is 4.29. The van der Waals surface area contributed by atoms with Crippen molar-refractivity contribution in [1.82, 2.24) is 4.57 Å². The largest absolute Gasteiger partial charge is 0.309 e. The van der Waals surface area contributed by atoms with Crippen LogP contribution in [0.1, 0.15) is 0 Å². The van der Waals surface area contributed by atoms with Crippen LogP contribution >= 0.6 is 11.3 Å². The predicted molar refractivity (Wildman–Crippen MR) is 218 cm³/mol. The van der Waals surface area contributed by atoms with E-state index in [1.807, 2.05) is 11.3 Å². The fourth-order valence-electron chi connectivity index (χ4n) is 8.25. The van der Waals surface area contributed by atoms with Crippen molar-refractivity contribution in [3.8, 4) is 39.1 Å². The van der Waals surface area contributed by atoms with Crippen molar-refractivity contribution in [3.63, 3.8) is 0 Å². The highest BCUT2D eigenvalue weighted by molar-refractivity contribution is 7.25. The van der Waals surface area contributed by atoms with Crippen molar-refractivity contribution < 1.29 is 0 Å². The number of nitrogens with zero attached hydrogens (tertiary/aromatic N) is 2. The summed E-state index contributed by atoms with van der Waals surface area (Å²) in [5.41, 5.74) is 14.4. The summed E-state index contributed by atoms with van der Waals surface area (Å²) >= 11 is 1.86. The summed E-state index contributed by atoms with van der Waals surface area (Å²) in [6.45, 7) is 0. The molecule has 3 heterocycles. The zero-order chi connectivity index (χ0) is 33.5. The SMILES string of the molecule is c1ccc(N2c3ccccc3-c3ccccc3-c3cc4c5ccccc5n(-c5cccc(-c6ccc7sc8ccccc8c7c6)c5)c4cc32)cc1. The summed E-state index contributed by atoms with van der Waals surface area (Å²) in [4.78, 5) is 2.45. The smallest absolute Gasteiger partial charge is 0.0562 e. The van der Waals surface area contributed by atoms with Gasteiger partial charge < -0.3 is 9.47 Å². The van der Waals surface area contributed by atoms with Crippen LogP contribution < -0.4 is 4.90 Å². The lowest BCUT2D eigenvalue weighted by Gasteiger charge is -2.27. The van der Waals surface area contributed by atoms with E-state index in [-0.39, 0.29) is 0 Å². The molecule has 11 rings (SSSR count). The molecule has 2 nitrogen and oxygen atoms in total. The lowest BCUT2D eigenvalue weighted by molar-refractivity contribution is 1.18. The molecule has 238 valence electrons. The third-order valence-electron chi connectivity index (χ3n) is 10.5. The number of aromatic nitrogens is 1. The summed E-state index contributed by atoms with van der Waals surface area (Å²) in [6, 6.07) is 66.9. The number of hydrogen-bond acceptors (Lipinski definition) is 2. The van der Waals surface area contributed by atoms with Gasteiger partial charge in [0.15, 0.2) is 0 Å². The second-order valence-electron chi connectivity index (χ2n) is 13.3. The van der Waals surface area contributed by atoms with E-state index >= 15 is 0 Å². The van der Waals surface area contributed by atoms with Crippen LogP contribution in [0.2, 0.25) is 0 Å². The van der Waals surface area contributed by atoms with Crippen molar-refractivity contribution in [3.05, 3.63) is 182 Å². The van der Waals surface area contributed by atoms with Gasteiger partial charge in [-0.15, -0.1) is 11.3 Å². The normalized spacial score (nSPS) is 12.3. The Labute approximate surface area is 299 Å². The van der Waals surface area contributed by atoms with E-state index in [1.54, 1.807) is 0 Å². The van der Waals surface area contributed by atoms with Gasteiger partial charge in [0, 0.05) is 53.4 Å². The van der Waals surface area contributed by atoms with E-state index in [1.165, 1.54) is 86.7 Å². The molecule has 0 spiro atoms. The van der Waals surface area contributed by atoms with Crippen LogP contribution in [0.25, 0.3) is 81.0 Å². The maximum absolute atomic E-state index is 2.46. The zero-order valence-electron chi connectivity index (χ0n) is 27.6. The number of hydrogen-bond donors (Lipinski definition) is 0. The van der Waals surface area contributed by atoms with Gasteiger partial charge >= 0.3 is 0 Å². The Morgan fingerprint density at radius 1 is 0.333 bits per heavy atom. The number of benzene rings is 8. The monoisotopic (exact) mass is 666 g/mol. The predicted octanol–water partition coefficient (Wildman–Crippen LogP) is 13.9. The molecule has 1 aliphatic heterocycles. The highest BCUT2D eigenvalue weighted by Crippen LogP contribution is 2.52. The van der Waals surface area contributed by atoms with E-state index in [2.05, 4.69) is 191 Å². The van der Waals surface area contributed by atoms with Gasteiger partial charge in [-0.1, -0.05) is 115 Å². The Bertz CT molecular complexity index is 2980. The first-order valence-electron chi connectivity index (χ1n) is 17.4. The molecule has 0 saturated heterocycles. The van der Waals surface area contributed by atoms with E-state index in [9.17, 15) is 0 Å². The molecule has 0 amide bonds. The van der Waals surface area contributed by atoms with E-state index in [0.29, 0.717) is 0 Å². The van der Waals surface area contributed by atoms with E-state index < -0.39 is 0 Å². The quantitative estimate of drug-likeness (QED) is 0.182. The van der Waals surface area contributed by atoms with Crippen LogP contribution in [-0.2, 0) is 0 Å². The molecule has 0 radical (unpaired) electrons. The van der Waals surface area contributed by atoms with Gasteiger partial charge in [0.25, 0.3) is 0 Å². The van der Waals surface area contributed by atoms with Gasteiger partial charge in [0.2, 0.25) is 0 Å². The molecule has 2 aromatic heterocycles. The van der Waals surface area contributed by atoms with Crippen LogP contribution in [0, 0.1) is 0 Å². The molecule has 0 N–H and O–H groups in total. The zero-order valence-corrected chi connectivity index (χ0v) is 28.4. The second kappa shape index (κ2) is 11.0. The number of para-hydroxylation sites is 3. The van der Waals surface area contributed by atoms with Gasteiger partial charge in [0.05, 0.1) is 22.4 Å². The standard InChI is InChI=1S/C48H30N2S/c1-2-14-33(15-3-1)49-43-22-9-6-19-37(43)35-17-4-5-18-36(35)40-29-41-38-20-7-10-23-44(38)50(46(41)30-45(40)49)34-16-12-13-31(27-34)32-25-26-48-42(28-32)39-21-8-11-24-47(39)51-48/h1-30H. The minimum atomic E-state index is 1.14. The number of fused-ring (bicyclic) bond motifs is 11. The minimum absolute atomic E-state index is 1.14. The van der Waals surface area contributed by atoms with Crippen molar-refractivity contribution in [2.75, 3.05) is 4.90 Å². The molecule has 8 aromatic carbocycles. The summed E-state index contributed by atoms with van der Waals surface area (Å²) in [5.74, 6) is 0. The maximum atomic E-state index is 2.46. The third-order valence-corrected chi connectivity index (χ3v) is 11.7. The minimum Gasteiger partial charge on any atom is -0.309 e. The van der Waals surface area contributed by atoms with Crippen molar-refractivity contribution >= 4 is 70.4 Å². The Morgan fingerprint density at radius 3 is 1.88 bits per heavy atom. The first kappa shape index (κ1) is 28.4. The van der Waals surface area contributed by atoms with Gasteiger partial charge in [-0.25, -0.2) is 0 Å². The summed E-state index contributed by atoms with van der Waals surface area (Å²) in [7, 11) is 0. The van der Waals surface area contributed by atoms with Crippen LogP contribution in [-0.4, -0.2) is 4.57 Å². The Kier molecular flexibility index (Phi) is 6.16. The average Bonchev–Trinajstić information content (AvgIpc) is 3.69. The molecule has 0 fully saturated rings. The summed E-state index contributed by atoms with van der Waals surface area (Å²) in [5, 5.41) is 5.14. The maximum Gasteiger partial charge on any atom is 0.0562 e. The molecule has 51 heavy (non-hydrogen) atoms. The van der Waals surface area contributed by atoms with E-state index in [0.717, 1.165) is 11.4 Å². The van der Waals surface area contributed by atoms with Crippen molar-refractivity contribution in [1.29, 1.82) is 0 Å². The second-order valence-corrected chi connectivity index (χ2v) is 14.4. The Hall–Kier alpha value is -6.42. The lowest BCUT2D eigenvalue weighted by atomic mass is 9.94. The molecule has 1 aliphatic rings. The fourth-order valence-corrected chi connectivity index (χ4v) is 9.33. The van der Waals surface area contributed by atoms with Crippen LogP contribution in [0.4, 0.5) is 17.1 Å². The number of rotatable bonds is 3. The van der Waals surface area contributed by atoms with Crippen LogP contribution in [0.5, 0.6) is 0 Å². The van der Waals surface area contributed by atoms with E-state index in [4.69, 9.17) is 0 Å². The summed E-state index contributed by atoms with van der Waals surface area (Å²) < 4.78 is 5.11. The highest BCUT2D eigenvalue weighted by Gasteiger charge is 2.27. The number of thiophene rings is 1. The molecule has 0 bridgehead atoms. The first-order chi connectivity index (χ1) is 25.3. The van der Waals surface area contributed by atoms with Crippen molar-refractivity contribution in [2.45, 2.75) is 0 Å². The molecule has 0 atom stereocenters. The molecule has 0 unspecified atom stereocenters. The van der Waals surface area contributed by atoms with Crippen LogP contribution in [0.3, 0.4) is 0 Å². The fraction of sp³-hybridized carbons (Fsp3) is 0. The first-order valence-corrected chi connectivity index (χ1v) is 18.3. The van der Waals surface area contributed by atoms with Gasteiger partial charge in [-0.3, -0.25) is 0 Å². The molecule has 0 saturated carbocycles. The molecule has 10 aromatic rings. The average molecular weight is 667 g/mol. The van der Waals surface area contributed by atoms with Gasteiger partial charge in [-0.05, 0) is 89.0 Å². The topological polar surface area (TPSA) is 8.17 Å². The van der Waals surface area contributed by atoms with Gasteiger partial charge in [-0.2, -0.15) is 0 Å². The van der Waals surface area contributed by atoms with Crippen LogP contribution in [0.15, 0.2) is 182 Å². The Morgan fingerprint density at radius 2 is 1.00 bits per heavy atom.